The zero-order chi connectivity index (χ0) is 20.2. The number of hydrogen-bond acceptors (Lipinski definition) is 6. The molecule has 3 aromatic rings. The number of ether oxygens (including phenoxy) is 1. The predicted octanol–water partition coefficient (Wildman–Crippen LogP) is 3.19. The Morgan fingerprint density at radius 1 is 1.14 bits per heavy atom. The number of rotatable bonds is 5. The lowest BCUT2D eigenvalue weighted by Crippen LogP contribution is -2.47. The molecule has 0 unspecified atom stereocenters. The first-order chi connectivity index (χ1) is 14.2. The fourth-order valence-corrected chi connectivity index (χ4v) is 3.65. The van der Waals surface area contributed by atoms with Crippen LogP contribution in [-0.4, -0.2) is 59.8 Å². The molecule has 4 rings (SSSR count). The summed E-state index contributed by atoms with van der Waals surface area (Å²) in [5, 5.41) is 20.2. The lowest BCUT2D eigenvalue weighted by molar-refractivity contribution is 0.238. The van der Waals surface area contributed by atoms with E-state index in [0.717, 1.165) is 48.6 Å². The molecule has 0 radical (unpaired) electrons. The van der Waals surface area contributed by atoms with Gasteiger partial charge in [-0.2, -0.15) is 5.26 Å². The molecule has 0 atom stereocenters. The van der Waals surface area contributed by atoms with Crippen LogP contribution >= 0.6 is 0 Å². The molecule has 1 aromatic heterocycles. The number of benzene rings is 2. The van der Waals surface area contributed by atoms with E-state index in [4.69, 9.17) is 4.74 Å². The SMILES string of the molecule is COc1ccccc1N1CCN(C/C(O)=C(\C#N)c2nc3ccccc3[nH]2)CC1. The summed E-state index contributed by atoms with van der Waals surface area (Å²) in [6.45, 7) is 3.52. The van der Waals surface area contributed by atoms with Gasteiger partial charge in [0.15, 0.2) is 5.82 Å². The lowest BCUT2D eigenvalue weighted by Gasteiger charge is -2.36. The number of nitrogens with zero attached hydrogens (tertiary/aromatic N) is 4. The van der Waals surface area contributed by atoms with Gasteiger partial charge in [0.2, 0.25) is 0 Å². The number of nitriles is 1. The summed E-state index contributed by atoms with van der Waals surface area (Å²) >= 11 is 0. The molecule has 2 N–H and O–H groups in total. The summed E-state index contributed by atoms with van der Waals surface area (Å²) in [7, 11) is 1.68. The number of hydrogen-bond donors (Lipinski definition) is 2. The number of aromatic nitrogens is 2. The monoisotopic (exact) mass is 389 g/mol. The van der Waals surface area contributed by atoms with Crippen molar-refractivity contribution in [2.75, 3.05) is 44.7 Å². The van der Waals surface area contributed by atoms with Gasteiger partial charge >= 0.3 is 0 Å². The van der Waals surface area contributed by atoms with Crippen LogP contribution in [0.3, 0.4) is 0 Å². The predicted molar refractivity (Wildman–Crippen MR) is 113 cm³/mol. The number of methoxy groups -OCH3 is 1. The highest BCUT2D eigenvalue weighted by Crippen LogP contribution is 2.28. The van der Waals surface area contributed by atoms with Gasteiger partial charge in [0.05, 0.1) is 30.4 Å². The van der Waals surface area contributed by atoms with Crippen molar-refractivity contribution >= 4 is 22.3 Å². The first kappa shape index (κ1) is 18.8. The Kier molecular flexibility index (Phi) is 5.36. The molecule has 1 aliphatic rings. The Morgan fingerprint density at radius 2 is 1.86 bits per heavy atom. The number of aromatic amines is 1. The molecular formula is C22H23N5O2. The maximum Gasteiger partial charge on any atom is 0.152 e. The van der Waals surface area contributed by atoms with Crippen LogP contribution in [0.5, 0.6) is 5.75 Å². The van der Waals surface area contributed by atoms with E-state index in [-0.39, 0.29) is 11.3 Å². The molecular weight excluding hydrogens is 366 g/mol. The van der Waals surface area contributed by atoms with Gasteiger partial charge in [0.25, 0.3) is 0 Å². The van der Waals surface area contributed by atoms with Gasteiger partial charge in [0.1, 0.15) is 23.2 Å². The van der Waals surface area contributed by atoms with Gasteiger partial charge in [-0.15, -0.1) is 0 Å². The normalized spacial score (nSPS) is 15.8. The van der Waals surface area contributed by atoms with Crippen LogP contribution in [0.2, 0.25) is 0 Å². The first-order valence-electron chi connectivity index (χ1n) is 9.57. The quantitative estimate of drug-likeness (QED) is 0.515. The number of aliphatic hydroxyl groups excluding tert-OH is 1. The van der Waals surface area contributed by atoms with Gasteiger partial charge in [-0.1, -0.05) is 24.3 Å². The minimum atomic E-state index is 0.0392. The Morgan fingerprint density at radius 3 is 2.59 bits per heavy atom. The van der Waals surface area contributed by atoms with Crippen LogP contribution in [0.25, 0.3) is 16.6 Å². The minimum Gasteiger partial charge on any atom is -0.509 e. The summed E-state index contributed by atoms with van der Waals surface area (Å²) in [6, 6.07) is 17.7. The molecule has 2 heterocycles. The average Bonchev–Trinajstić information content (AvgIpc) is 3.18. The highest BCUT2D eigenvalue weighted by atomic mass is 16.5. The van der Waals surface area contributed by atoms with Crippen LogP contribution in [0.15, 0.2) is 54.3 Å². The molecule has 7 nitrogen and oxygen atoms in total. The number of anilines is 1. The van der Waals surface area contributed by atoms with Crippen molar-refractivity contribution in [1.29, 1.82) is 5.26 Å². The number of allylic oxidation sites excluding steroid dienone is 1. The van der Waals surface area contributed by atoms with Crippen molar-refractivity contribution < 1.29 is 9.84 Å². The van der Waals surface area contributed by atoms with Gasteiger partial charge in [-0.3, -0.25) is 4.90 Å². The van der Waals surface area contributed by atoms with Crippen LogP contribution in [0, 0.1) is 11.3 Å². The Bertz CT molecular complexity index is 1040. The van der Waals surface area contributed by atoms with E-state index in [1.165, 1.54) is 0 Å². The van der Waals surface area contributed by atoms with Crippen LogP contribution < -0.4 is 9.64 Å². The topological polar surface area (TPSA) is 88.4 Å². The second kappa shape index (κ2) is 8.25. The molecule has 0 aliphatic carbocycles. The minimum absolute atomic E-state index is 0.0392. The third-order valence-electron chi connectivity index (χ3n) is 5.20. The molecule has 0 spiro atoms. The molecule has 0 saturated carbocycles. The van der Waals surface area contributed by atoms with Gasteiger partial charge in [0, 0.05) is 26.2 Å². The molecule has 1 fully saturated rings. The van der Waals surface area contributed by atoms with Crippen molar-refractivity contribution in [1.82, 2.24) is 14.9 Å². The lowest BCUT2D eigenvalue weighted by atomic mass is 10.2. The number of para-hydroxylation sites is 4. The average molecular weight is 389 g/mol. The van der Waals surface area contributed by atoms with Gasteiger partial charge in [-0.05, 0) is 24.3 Å². The molecule has 1 saturated heterocycles. The Labute approximate surface area is 169 Å². The van der Waals surface area contributed by atoms with Crippen LogP contribution in [0.1, 0.15) is 5.82 Å². The Hall–Kier alpha value is -3.50. The van der Waals surface area contributed by atoms with E-state index in [1.54, 1.807) is 7.11 Å². The van der Waals surface area contributed by atoms with Crippen molar-refractivity contribution in [2.45, 2.75) is 0 Å². The summed E-state index contributed by atoms with van der Waals surface area (Å²) < 4.78 is 5.46. The summed E-state index contributed by atoms with van der Waals surface area (Å²) in [5.74, 6) is 1.30. The fraction of sp³-hybridized carbons (Fsp3) is 0.273. The second-order valence-electron chi connectivity index (χ2n) is 6.97. The Balaban J connectivity index is 1.45. The van der Waals surface area contributed by atoms with Crippen LogP contribution in [-0.2, 0) is 0 Å². The molecule has 0 amide bonds. The molecule has 0 bridgehead atoms. The maximum absolute atomic E-state index is 10.6. The number of nitrogens with one attached hydrogen (secondary N) is 1. The molecule has 1 aliphatic heterocycles. The van der Waals surface area contributed by atoms with Crippen molar-refractivity contribution in [2.24, 2.45) is 0 Å². The second-order valence-corrected chi connectivity index (χ2v) is 6.97. The summed E-state index contributed by atoms with van der Waals surface area (Å²) in [6.07, 6.45) is 0. The van der Waals surface area contributed by atoms with E-state index in [9.17, 15) is 10.4 Å². The number of H-pyrrole nitrogens is 1. The van der Waals surface area contributed by atoms with Crippen molar-refractivity contribution in [3.8, 4) is 11.8 Å². The molecule has 7 heteroatoms. The number of piperazine rings is 1. The number of fused-ring (bicyclic) bond motifs is 1. The standard InChI is InChI=1S/C22H23N5O2/c1-29-21-9-5-4-8-19(21)27-12-10-26(11-13-27)15-20(28)16(14-23)22-24-17-6-2-3-7-18(17)25-22/h2-9,28H,10-13,15H2,1H3,(H,24,25)/b20-16-. The zero-order valence-corrected chi connectivity index (χ0v) is 16.3. The van der Waals surface area contributed by atoms with E-state index in [2.05, 4.69) is 31.9 Å². The number of imidazole rings is 1. The molecule has 2 aromatic carbocycles. The van der Waals surface area contributed by atoms with Crippen molar-refractivity contribution in [3.63, 3.8) is 0 Å². The van der Waals surface area contributed by atoms with Crippen LogP contribution in [0.4, 0.5) is 5.69 Å². The third-order valence-corrected chi connectivity index (χ3v) is 5.20. The largest absolute Gasteiger partial charge is 0.509 e. The molecule has 29 heavy (non-hydrogen) atoms. The number of aliphatic hydroxyl groups is 1. The smallest absolute Gasteiger partial charge is 0.152 e. The highest BCUT2D eigenvalue weighted by molar-refractivity contribution is 5.82. The third kappa shape index (κ3) is 3.89. The molecule has 148 valence electrons. The first-order valence-corrected chi connectivity index (χ1v) is 9.57. The zero-order valence-electron chi connectivity index (χ0n) is 16.3. The van der Waals surface area contributed by atoms with Crippen molar-refractivity contribution in [3.05, 3.63) is 60.1 Å². The highest BCUT2D eigenvalue weighted by Gasteiger charge is 2.22. The summed E-state index contributed by atoms with van der Waals surface area (Å²) in [5.41, 5.74) is 2.88. The van der Waals surface area contributed by atoms with E-state index in [1.807, 2.05) is 42.5 Å². The summed E-state index contributed by atoms with van der Waals surface area (Å²) in [4.78, 5) is 12.0. The maximum atomic E-state index is 10.6. The van der Waals surface area contributed by atoms with Gasteiger partial charge < -0.3 is 19.7 Å². The van der Waals surface area contributed by atoms with E-state index >= 15 is 0 Å². The fourth-order valence-electron chi connectivity index (χ4n) is 3.65. The van der Waals surface area contributed by atoms with E-state index in [0.29, 0.717) is 12.4 Å². The van der Waals surface area contributed by atoms with E-state index < -0.39 is 0 Å². The van der Waals surface area contributed by atoms with Gasteiger partial charge in [-0.25, -0.2) is 4.98 Å².